The van der Waals surface area contributed by atoms with Crippen LogP contribution < -0.4 is 10.2 Å². The molecule has 30 heavy (non-hydrogen) atoms. The highest BCUT2D eigenvalue weighted by molar-refractivity contribution is 6.19. The SMILES string of the molecule is O=C(c1cccnc1)N1CCC2(C1)C(=NC1CCCC1)NC(=O)N2c1cccnc1. The molecular weight excluding hydrogens is 380 g/mol. The van der Waals surface area contributed by atoms with Crippen LogP contribution in [0, 0.1) is 0 Å². The van der Waals surface area contributed by atoms with Gasteiger partial charge in [0.1, 0.15) is 11.4 Å². The van der Waals surface area contributed by atoms with E-state index in [2.05, 4.69) is 15.3 Å². The predicted molar refractivity (Wildman–Crippen MR) is 112 cm³/mol. The summed E-state index contributed by atoms with van der Waals surface area (Å²) < 4.78 is 0. The number of nitrogens with one attached hydrogen (secondary N) is 1. The average Bonchev–Trinajstić information content (AvgIpc) is 3.50. The van der Waals surface area contributed by atoms with Crippen LogP contribution in [0.5, 0.6) is 0 Å². The molecule has 3 fully saturated rings. The Balaban J connectivity index is 1.52. The molecule has 2 saturated heterocycles. The van der Waals surface area contributed by atoms with Gasteiger partial charge in [0.25, 0.3) is 5.91 Å². The average molecular weight is 404 g/mol. The third kappa shape index (κ3) is 3.12. The second-order valence-electron chi connectivity index (χ2n) is 8.14. The predicted octanol–water partition coefficient (Wildman–Crippen LogP) is 2.63. The zero-order valence-corrected chi connectivity index (χ0v) is 16.7. The largest absolute Gasteiger partial charge is 0.336 e. The van der Waals surface area contributed by atoms with Gasteiger partial charge in [-0.3, -0.25) is 30.0 Å². The van der Waals surface area contributed by atoms with E-state index in [1.54, 1.807) is 46.7 Å². The molecule has 1 atom stereocenters. The fourth-order valence-corrected chi connectivity index (χ4v) is 4.81. The van der Waals surface area contributed by atoms with E-state index in [0.717, 1.165) is 12.8 Å². The topological polar surface area (TPSA) is 90.8 Å². The summed E-state index contributed by atoms with van der Waals surface area (Å²) in [5.41, 5.74) is 0.567. The zero-order chi connectivity index (χ0) is 20.6. The lowest BCUT2D eigenvalue weighted by atomic mass is 9.95. The fourth-order valence-electron chi connectivity index (χ4n) is 4.81. The summed E-state index contributed by atoms with van der Waals surface area (Å²) in [7, 11) is 0. The molecule has 1 unspecified atom stereocenters. The van der Waals surface area contributed by atoms with Gasteiger partial charge in [0.2, 0.25) is 0 Å². The monoisotopic (exact) mass is 404 g/mol. The van der Waals surface area contributed by atoms with Crippen LogP contribution in [0.15, 0.2) is 54.0 Å². The number of carbonyl (C=O) groups is 2. The molecule has 1 spiro atoms. The lowest BCUT2D eigenvalue weighted by Crippen LogP contribution is -2.53. The zero-order valence-electron chi connectivity index (χ0n) is 16.7. The summed E-state index contributed by atoms with van der Waals surface area (Å²) in [4.78, 5) is 42.9. The maximum absolute atomic E-state index is 13.1. The number of carbonyl (C=O) groups excluding carboxylic acids is 2. The number of urea groups is 1. The van der Waals surface area contributed by atoms with Crippen molar-refractivity contribution in [1.82, 2.24) is 20.2 Å². The van der Waals surface area contributed by atoms with Crippen LogP contribution >= 0.6 is 0 Å². The smallest absolute Gasteiger partial charge is 0.328 e. The van der Waals surface area contributed by atoms with Crippen LogP contribution in [-0.4, -0.2) is 57.3 Å². The molecule has 3 amide bonds. The van der Waals surface area contributed by atoms with E-state index in [4.69, 9.17) is 4.99 Å². The third-order valence-corrected chi connectivity index (χ3v) is 6.28. The van der Waals surface area contributed by atoms with Gasteiger partial charge in [-0.1, -0.05) is 12.8 Å². The van der Waals surface area contributed by atoms with Crippen molar-refractivity contribution in [1.29, 1.82) is 0 Å². The Bertz CT molecular complexity index is 974. The van der Waals surface area contributed by atoms with Crippen molar-refractivity contribution in [3.8, 4) is 0 Å². The van der Waals surface area contributed by atoms with Crippen molar-refractivity contribution < 1.29 is 9.59 Å². The van der Waals surface area contributed by atoms with Crippen LogP contribution in [0.2, 0.25) is 0 Å². The summed E-state index contributed by atoms with van der Waals surface area (Å²) >= 11 is 0. The van der Waals surface area contributed by atoms with Gasteiger partial charge in [-0.2, -0.15) is 0 Å². The van der Waals surface area contributed by atoms with E-state index < -0.39 is 5.54 Å². The first-order valence-electron chi connectivity index (χ1n) is 10.5. The van der Waals surface area contributed by atoms with E-state index in [1.807, 2.05) is 12.1 Å². The van der Waals surface area contributed by atoms with Crippen molar-refractivity contribution in [2.45, 2.75) is 43.7 Å². The van der Waals surface area contributed by atoms with Gasteiger partial charge in [0, 0.05) is 25.1 Å². The Labute approximate surface area is 175 Å². The first-order chi connectivity index (χ1) is 14.7. The number of aromatic nitrogens is 2. The minimum Gasteiger partial charge on any atom is -0.336 e. The summed E-state index contributed by atoms with van der Waals surface area (Å²) in [5, 5.41) is 3.02. The molecule has 2 aromatic heterocycles. The maximum atomic E-state index is 13.1. The summed E-state index contributed by atoms with van der Waals surface area (Å²) in [5.74, 6) is 0.607. The fraction of sp³-hybridized carbons (Fsp3) is 0.409. The Morgan fingerprint density at radius 2 is 1.90 bits per heavy atom. The Kier molecular flexibility index (Phi) is 4.69. The molecule has 5 rings (SSSR count). The standard InChI is InChI=1S/C22H24N6O2/c29-19(16-5-3-10-23-13-16)27-12-9-22(15-27)20(25-17-6-1-2-7-17)26-21(30)28(22)18-8-4-11-24-14-18/h3-5,8,10-11,13-14,17H,1-2,6-7,9,12,15H2,(H,25,26,30). The second kappa shape index (κ2) is 7.51. The Hall–Kier alpha value is -3.29. The molecule has 4 heterocycles. The van der Waals surface area contributed by atoms with Crippen molar-refractivity contribution in [2.75, 3.05) is 18.0 Å². The number of amides is 3. The van der Waals surface area contributed by atoms with Crippen LogP contribution in [0.4, 0.5) is 10.5 Å². The molecule has 1 N–H and O–H groups in total. The van der Waals surface area contributed by atoms with Crippen LogP contribution in [0.25, 0.3) is 0 Å². The van der Waals surface area contributed by atoms with E-state index in [-0.39, 0.29) is 18.0 Å². The molecule has 0 radical (unpaired) electrons. The highest BCUT2D eigenvalue weighted by atomic mass is 16.2. The van der Waals surface area contributed by atoms with E-state index in [9.17, 15) is 9.59 Å². The number of likely N-dealkylation sites (tertiary alicyclic amines) is 1. The molecule has 1 aliphatic carbocycles. The van der Waals surface area contributed by atoms with Crippen molar-refractivity contribution in [3.05, 3.63) is 54.6 Å². The highest BCUT2D eigenvalue weighted by Gasteiger charge is 2.56. The summed E-state index contributed by atoms with van der Waals surface area (Å²) in [6, 6.07) is 7.23. The number of hydrogen-bond acceptors (Lipinski definition) is 5. The molecule has 2 aromatic rings. The van der Waals surface area contributed by atoms with Gasteiger partial charge in [0.15, 0.2) is 0 Å². The number of aliphatic imine (C=N–C) groups is 1. The Morgan fingerprint density at radius 3 is 2.60 bits per heavy atom. The maximum Gasteiger partial charge on any atom is 0.328 e. The van der Waals surface area contributed by atoms with Gasteiger partial charge in [-0.15, -0.1) is 0 Å². The minimum absolute atomic E-state index is 0.0781. The molecule has 3 aliphatic rings. The lowest BCUT2D eigenvalue weighted by Gasteiger charge is -2.33. The summed E-state index contributed by atoms with van der Waals surface area (Å²) in [6.07, 6.45) is 11.6. The minimum atomic E-state index is -0.694. The highest BCUT2D eigenvalue weighted by Crippen LogP contribution is 2.38. The van der Waals surface area contributed by atoms with Crippen molar-refractivity contribution in [2.24, 2.45) is 4.99 Å². The quantitative estimate of drug-likeness (QED) is 0.851. The third-order valence-electron chi connectivity index (χ3n) is 6.28. The molecule has 0 aromatic carbocycles. The van der Waals surface area contributed by atoms with Crippen molar-refractivity contribution in [3.63, 3.8) is 0 Å². The molecule has 154 valence electrons. The number of hydrogen-bond donors (Lipinski definition) is 1. The molecule has 2 aliphatic heterocycles. The molecule has 1 saturated carbocycles. The number of nitrogens with zero attached hydrogens (tertiary/aromatic N) is 5. The second-order valence-corrected chi connectivity index (χ2v) is 8.14. The van der Waals surface area contributed by atoms with Gasteiger partial charge >= 0.3 is 6.03 Å². The van der Waals surface area contributed by atoms with E-state index in [0.29, 0.717) is 36.6 Å². The van der Waals surface area contributed by atoms with Crippen LogP contribution in [0.3, 0.4) is 0 Å². The molecule has 0 bridgehead atoms. The summed E-state index contributed by atoms with van der Waals surface area (Å²) in [6.45, 7) is 0.934. The van der Waals surface area contributed by atoms with Gasteiger partial charge in [0.05, 0.1) is 30.0 Å². The van der Waals surface area contributed by atoms with Crippen LogP contribution in [-0.2, 0) is 0 Å². The van der Waals surface area contributed by atoms with Crippen LogP contribution in [0.1, 0.15) is 42.5 Å². The normalized spacial score (nSPS) is 25.5. The van der Waals surface area contributed by atoms with Gasteiger partial charge < -0.3 is 4.90 Å². The number of amidine groups is 1. The molecular formula is C22H24N6O2. The first kappa shape index (κ1) is 18.7. The van der Waals surface area contributed by atoms with Gasteiger partial charge in [-0.25, -0.2) is 4.79 Å². The number of rotatable bonds is 3. The Morgan fingerprint density at radius 1 is 1.13 bits per heavy atom. The van der Waals surface area contributed by atoms with Crippen molar-refractivity contribution >= 4 is 23.5 Å². The lowest BCUT2D eigenvalue weighted by molar-refractivity contribution is 0.0788. The molecule has 8 nitrogen and oxygen atoms in total. The first-order valence-corrected chi connectivity index (χ1v) is 10.5. The number of anilines is 1. The van der Waals surface area contributed by atoms with E-state index in [1.165, 1.54) is 12.8 Å². The number of pyridine rings is 2. The van der Waals surface area contributed by atoms with Gasteiger partial charge in [-0.05, 0) is 43.5 Å². The molecule has 8 heteroatoms. The van der Waals surface area contributed by atoms with E-state index >= 15 is 0 Å².